The van der Waals surface area contributed by atoms with Crippen LogP contribution in [0.3, 0.4) is 0 Å². The van der Waals surface area contributed by atoms with E-state index in [0.717, 1.165) is 22.4 Å². The van der Waals surface area contributed by atoms with Gasteiger partial charge >= 0.3 is 0 Å². The van der Waals surface area contributed by atoms with Crippen LogP contribution in [-0.4, -0.2) is 15.9 Å². The molecule has 0 aliphatic rings. The van der Waals surface area contributed by atoms with Gasteiger partial charge in [0.25, 0.3) is 5.91 Å². The van der Waals surface area contributed by atoms with E-state index in [1.54, 1.807) is 25.1 Å². The van der Waals surface area contributed by atoms with E-state index in [0.29, 0.717) is 18.2 Å². The second-order valence-electron chi connectivity index (χ2n) is 6.47. The number of carbonyl (C=O) groups is 1. The number of hydrogen-bond donors (Lipinski definition) is 2. The van der Waals surface area contributed by atoms with Crippen LogP contribution in [0, 0.1) is 26.6 Å². The number of aryl methyl sites for hydroxylation is 3. The number of hydrogen-bond acceptors (Lipinski definition) is 4. The van der Waals surface area contributed by atoms with Crippen LogP contribution in [0.25, 0.3) is 0 Å². The van der Waals surface area contributed by atoms with E-state index >= 15 is 0 Å². The van der Waals surface area contributed by atoms with Crippen LogP contribution in [-0.2, 0) is 6.54 Å². The highest BCUT2D eigenvalue weighted by molar-refractivity contribution is 6.03. The van der Waals surface area contributed by atoms with Crippen LogP contribution >= 0.6 is 0 Å². The number of anilines is 2. The number of nitrogens with zero attached hydrogens (tertiary/aromatic N) is 2. The van der Waals surface area contributed by atoms with Crippen LogP contribution in [0.4, 0.5) is 16.0 Å². The molecule has 2 aromatic carbocycles. The minimum Gasteiger partial charge on any atom is -0.350 e. The Kier molecular flexibility index (Phi) is 5.45. The molecule has 0 aliphatic heterocycles. The van der Waals surface area contributed by atoms with Crippen LogP contribution in [0.2, 0.25) is 0 Å². The molecule has 0 saturated heterocycles. The molecule has 3 rings (SSSR count). The van der Waals surface area contributed by atoms with Crippen molar-refractivity contribution in [3.8, 4) is 0 Å². The first-order valence-electron chi connectivity index (χ1n) is 8.63. The predicted molar refractivity (Wildman–Crippen MR) is 104 cm³/mol. The Morgan fingerprint density at radius 1 is 1.00 bits per heavy atom. The van der Waals surface area contributed by atoms with Gasteiger partial charge in [-0.05, 0) is 56.2 Å². The second-order valence-corrected chi connectivity index (χ2v) is 6.47. The lowest BCUT2D eigenvalue weighted by Crippen LogP contribution is -2.16. The Labute approximate surface area is 157 Å². The first kappa shape index (κ1) is 18.5. The molecule has 0 unspecified atom stereocenters. The minimum atomic E-state index is -0.294. The number of halogens is 1. The number of amides is 1. The number of benzene rings is 2. The number of aromatic nitrogens is 2. The first-order valence-corrected chi connectivity index (χ1v) is 8.63. The molecule has 0 atom stereocenters. The largest absolute Gasteiger partial charge is 0.350 e. The van der Waals surface area contributed by atoms with E-state index in [1.165, 1.54) is 12.1 Å². The van der Waals surface area contributed by atoms with Gasteiger partial charge < -0.3 is 10.6 Å². The summed E-state index contributed by atoms with van der Waals surface area (Å²) in [6, 6.07) is 13.7. The molecule has 1 heterocycles. The van der Waals surface area contributed by atoms with Crippen molar-refractivity contribution in [1.82, 2.24) is 9.97 Å². The van der Waals surface area contributed by atoms with Crippen molar-refractivity contribution in [2.45, 2.75) is 27.3 Å². The summed E-state index contributed by atoms with van der Waals surface area (Å²) in [5, 5.41) is 5.96. The molecule has 0 saturated carbocycles. The van der Waals surface area contributed by atoms with Gasteiger partial charge in [-0.3, -0.25) is 4.79 Å². The van der Waals surface area contributed by atoms with Gasteiger partial charge in [0.1, 0.15) is 11.5 Å². The van der Waals surface area contributed by atoms with Gasteiger partial charge in [-0.1, -0.05) is 29.8 Å². The Morgan fingerprint density at radius 2 is 1.74 bits per heavy atom. The zero-order valence-corrected chi connectivity index (χ0v) is 15.5. The summed E-state index contributed by atoms with van der Waals surface area (Å²) in [4.78, 5) is 21.2. The smallest absolute Gasteiger partial charge is 0.274 e. The van der Waals surface area contributed by atoms with Gasteiger partial charge in [-0.2, -0.15) is 0 Å². The molecule has 3 aromatic rings. The highest BCUT2D eigenvalue weighted by atomic mass is 19.1. The standard InChI is InChI=1S/C21H21FN4O/c1-13-4-9-18(14(2)10-13)25-20(27)19-11-15(3)24-21(26-19)23-12-16-5-7-17(22)8-6-16/h4-11H,12H2,1-3H3,(H,25,27)(H,23,24,26). The number of nitrogens with one attached hydrogen (secondary N) is 2. The van der Waals surface area contributed by atoms with Crippen LogP contribution in [0.15, 0.2) is 48.5 Å². The van der Waals surface area contributed by atoms with Crippen molar-refractivity contribution >= 4 is 17.5 Å². The molecule has 0 aliphatic carbocycles. The van der Waals surface area contributed by atoms with E-state index in [-0.39, 0.29) is 17.4 Å². The summed E-state index contributed by atoms with van der Waals surface area (Å²) in [6.07, 6.45) is 0. The maximum Gasteiger partial charge on any atom is 0.274 e. The molecule has 0 fully saturated rings. The average Bonchev–Trinajstić information content (AvgIpc) is 2.63. The summed E-state index contributed by atoms with van der Waals surface area (Å²) in [5.41, 5.74) is 4.73. The van der Waals surface area contributed by atoms with E-state index in [4.69, 9.17) is 0 Å². The molecule has 5 nitrogen and oxygen atoms in total. The van der Waals surface area contributed by atoms with Gasteiger partial charge in [-0.25, -0.2) is 14.4 Å². The van der Waals surface area contributed by atoms with Crippen LogP contribution in [0.5, 0.6) is 0 Å². The molecule has 6 heteroatoms. The molecular weight excluding hydrogens is 343 g/mol. The van der Waals surface area contributed by atoms with E-state index in [2.05, 4.69) is 20.6 Å². The first-order chi connectivity index (χ1) is 12.9. The Morgan fingerprint density at radius 3 is 2.44 bits per heavy atom. The fourth-order valence-electron chi connectivity index (χ4n) is 2.69. The quantitative estimate of drug-likeness (QED) is 0.704. The minimum absolute atomic E-state index is 0.282. The van der Waals surface area contributed by atoms with Gasteiger partial charge in [0, 0.05) is 17.9 Å². The molecule has 0 bridgehead atoms. The third kappa shape index (κ3) is 4.88. The maximum atomic E-state index is 13.0. The van der Waals surface area contributed by atoms with Gasteiger partial charge in [-0.15, -0.1) is 0 Å². The predicted octanol–water partition coefficient (Wildman–Crippen LogP) is 4.41. The molecule has 0 spiro atoms. The fourth-order valence-corrected chi connectivity index (χ4v) is 2.69. The lowest BCUT2D eigenvalue weighted by atomic mass is 10.1. The molecular formula is C21H21FN4O. The second kappa shape index (κ2) is 7.95. The van der Waals surface area contributed by atoms with Crippen LogP contribution in [0.1, 0.15) is 32.9 Å². The van der Waals surface area contributed by atoms with Gasteiger partial charge in [0.15, 0.2) is 0 Å². The highest BCUT2D eigenvalue weighted by Gasteiger charge is 2.12. The molecule has 2 N–H and O–H groups in total. The van der Waals surface area contributed by atoms with E-state index in [1.807, 2.05) is 32.0 Å². The van der Waals surface area contributed by atoms with Crippen LogP contribution < -0.4 is 10.6 Å². The SMILES string of the molecule is Cc1ccc(NC(=O)c2cc(C)nc(NCc3ccc(F)cc3)n2)c(C)c1. The topological polar surface area (TPSA) is 66.9 Å². The van der Waals surface area contributed by atoms with Crippen molar-refractivity contribution in [2.75, 3.05) is 10.6 Å². The molecule has 138 valence electrons. The van der Waals surface area contributed by atoms with E-state index < -0.39 is 0 Å². The monoisotopic (exact) mass is 364 g/mol. The maximum absolute atomic E-state index is 13.0. The Balaban J connectivity index is 1.73. The number of carbonyl (C=O) groups excluding carboxylic acids is 1. The lowest BCUT2D eigenvalue weighted by molar-refractivity contribution is 0.102. The van der Waals surface area contributed by atoms with Crippen molar-refractivity contribution in [1.29, 1.82) is 0 Å². The molecule has 27 heavy (non-hydrogen) atoms. The summed E-state index contributed by atoms with van der Waals surface area (Å²) in [5.74, 6) is -0.224. The third-order valence-corrected chi connectivity index (χ3v) is 4.08. The van der Waals surface area contributed by atoms with Crippen molar-refractivity contribution in [3.05, 3.63) is 82.4 Å². The lowest BCUT2D eigenvalue weighted by Gasteiger charge is -2.11. The summed E-state index contributed by atoms with van der Waals surface area (Å²) in [7, 11) is 0. The Hall–Kier alpha value is -3.28. The van der Waals surface area contributed by atoms with Crippen molar-refractivity contribution < 1.29 is 9.18 Å². The number of rotatable bonds is 5. The summed E-state index contributed by atoms with van der Waals surface area (Å²) in [6.45, 7) is 6.19. The third-order valence-electron chi connectivity index (χ3n) is 4.08. The van der Waals surface area contributed by atoms with Crippen molar-refractivity contribution in [2.24, 2.45) is 0 Å². The van der Waals surface area contributed by atoms with E-state index in [9.17, 15) is 9.18 Å². The summed E-state index contributed by atoms with van der Waals surface area (Å²) >= 11 is 0. The van der Waals surface area contributed by atoms with Gasteiger partial charge in [0.2, 0.25) is 5.95 Å². The zero-order valence-electron chi connectivity index (χ0n) is 15.5. The molecule has 0 radical (unpaired) electrons. The normalized spacial score (nSPS) is 10.5. The zero-order chi connectivity index (χ0) is 19.4. The van der Waals surface area contributed by atoms with Crippen molar-refractivity contribution in [3.63, 3.8) is 0 Å². The molecule has 1 amide bonds. The van der Waals surface area contributed by atoms with Gasteiger partial charge in [0.05, 0.1) is 0 Å². The Bertz CT molecular complexity index is 970. The summed E-state index contributed by atoms with van der Waals surface area (Å²) < 4.78 is 13.0. The average molecular weight is 364 g/mol. The fraction of sp³-hybridized carbons (Fsp3) is 0.190. The molecule has 1 aromatic heterocycles. The highest BCUT2D eigenvalue weighted by Crippen LogP contribution is 2.17.